The van der Waals surface area contributed by atoms with E-state index in [-0.39, 0.29) is 5.92 Å². The number of amides is 2. The van der Waals surface area contributed by atoms with Gasteiger partial charge < -0.3 is 5.11 Å². The van der Waals surface area contributed by atoms with Crippen molar-refractivity contribution in [2.75, 3.05) is 0 Å². The van der Waals surface area contributed by atoms with Gasteiger partial charge in [-0.15, -0.1) is 0 Å². The summed E-state index contributed by atoms with van der Waals surface area (Å²) in [5.74, 6) is -2.14. The Kier molecular flexibility index (Phi) is 3.50. The van der Waals surface area contributed by atoms with E-state index in [0.29, 0.717) is 5.57 Å². The highest BCUT2D eigenvalue weighted by Gasteiger charge is 2.42. The molecule has 1 aliphatic heterocycles. The molecular formula is C13H17NO4. The number of aliphatic carboxylic acids is 1. The third-order valence-corrected chi connectivity index (χ3v) is 3.76. The van der Waals surface area contributed by atoms with Crippen LogP contribution in [0.1, 0.15) is 39.0 Å². The summed E-state index contributed by atoms with van der Waals surface area (Å²) < 4.78 is 0. The SMILES string of the molecule is CC1=CC(=O)N(C(C(=O)O)C2CCCCC2)C1=O. The Hall–Kier alpha value is -1.65. The van der Waals surface area contributed by atoms with Gasteiger partial charge >= 0.3 is 5.97 Å². The van der Waals surface area contributed by atoms with Gasteiger partial charge in [-0.05, 0) is 25.7 Å². The average Bonchev–Trinajstić information content (AvgIpc) is 2.57. The number of carboxylic acid groups (broad SMARTS) is 1. The Morgan fingerprint density at radius 1 is 1.33 bits per heavy atom. The summed E-state index contributed by atoms with van der Waals surface area (Å²) in [5.41, 5.74) is 0.321. The second kappa shape index (κ2) is 4.92. The Morgan fingerprint density at radius 2 is 1.94 bits per heavy atom. The number of carboxylic acids is 1. The molecule has 0 radical (unpaired) electrons. The van der Waals surface area contributed by atoms with E-state index in [4.69, 9.17) is 0 Å². The van der Waals surface area contributed by atoms with Gasteiger partial charge in [0.15, 0.2) is 0 Å². The molecule has 0 aromatic rings. The standard InChI is InChI=1S/C13H17NO4/c1-8-7-10(15)14(12(8)16)11(13(17)18)9-5-3-2-4-6-9/h7,9,11H,2-6H2,1H3,(H,17,18). The molecule has 1 unspecified atom stereocenters. The molecule has 1 heterocycles. The third kappa shape index (κ3) is 2.17. The van der Waals surface area contributed by atoms with E-state index in [0.717, 1.165) is 37.0 Å². The molecule has 1 N–H and O–H groups in total. The van der Waals surface area contributed by atoms with Gasteiger partial charge in [-0.2, -0.15) is 0 Å². The minimum atomic E-state index is -1.08. The van der Waals surface area contributed by atoms with Crippen molar-refractivity contribution < 1.29 is 19.5 Å². The first-order chi connectivity index (χ1) is 8.52. The quantitative estimate of drug-likeness (QED) is 0.768. The molecule has 1 atom stereocenters. The topological polar surface area (TPSA) is 74.7 Å². The zero-order valence-corrected chi connectivity index (χ0v) is 10.4. The van der Waals surface area contributed by atoms with Gasteiger partial charge in [-0.3, -0.25) is 14.5 Å². The van der Waals surface area contributed by atoms with E-state index in [1.807, 2.05) is 0 Å². The van der Waals surface area contributed by atoms with Gasteiger partial charge in [0.05, 0.1) is 0 Å². The number of imide groups is 1. The van der Waals surface area contributed by atoms with E-state index < -0.39 is 23.8 Å². The van der Waals surface area contributed by atoms with Gasteiger partial charge in [0.1, 0.15) is 6.04 Å². The van der Waals surface area contributed by atoms with Gasteiger partial charge in [-0.25, -0.2) is 4.79 Å². The predicted octanol–water partition coefficient (Wildman–Crippen LogP) is 1.33. The number of rotatable bonds is 3. The molecule has 1 aliphatic carbocycles. The summed E-state index contributed by atoms with van der Waals surface area (Å²) in [4.78, 5) is 36.0. The molecule has 5 nitrogen and oxygen atoms in total. The molecule has 18 heavy (non-hydrogen) atoms. The summed E-state index contributed by atoms with van der Waals surface area (Å²) in [6.45, 7) is 1.54. The van der Waals surface area contributed by atoms with Crippen molar-refractivity contribution in [3.05, 3.63) is 11.6 Å². The maximum Gasteiger partial charge on any atom is 0.327 e. The van der Waals surface area contributed by atoms with Crippen LogP contribution < -0.4 is 0 Å². The fourth-order valence-corrected chi connectivity index (χ4v) is 2.84. The van der Waals surface area contributed by atoms with E-state index >= 15 is 0 Å². The lowest BCUT2D eigenvalue weighted by Gasteiger charge is -2.32. The van der Waals surface area contributed by atoms with Crippen LogP contribution in [0, 0.1) is 5.92 Å². The molecule has 0 saturated heterocycles. The first kappa shape index (κ1) is 12.8. The van der Waals surface area contributed by atoms with Crippen molar-refractivity contribution in [3.63, 3.8) is 0 Å². The van der Waals surface area contributed by atoms with Gasteiger partial charge in [0, 0.05) is 11.6 Å². The van der Waals surface area contributed by atoms with Crippen LogP contribution in [0.2, 0.25) is 0 Å². The largest absolute Gasteiger partial charge is 0.480 e. The Bertz CT molecular complexity index is 421. The summed E-state index contributed by atoms with van der Waals surface area (Å²) in [6, 6.07) is -1.00. The number of nitrogens with zero attached hydrogens (tertiary/aromatic N) is 1. The van der Waals surface area contributed by atoms with Gasteiger partial charge in [0.25, 0.3) is 11.8 Å². The smallest absolute Gasteiger partial charge is 0.327 e. The molecule has 98 valence electrons. The van der Waals surface area contributed by atoms with Crippen molar-refractivity contribution in [3.8, 4) is 0 Å². The van der Waals surface area contributed by atoms with Crippen molar-refractivity contribution in [2.24, 2.45) is 5.92 Å². The maximum absolute atomic E-state index is 11.9. The number of hydrogen-bond acceptors (Lipinski definition) is 3. The Balaban J connectivity index is 2.23. The van der Waals surface area contributed by atoms with Gasteiger partial charge in [-0.1, -0.05) is 19.3 Å². The summed E-state index contributed by atoms with van der Waals surface area (Å²) in [5, 5.41) is 9.34. The molecule has 2 rings (SSSR count). The maximum atomic E-state index is 11.9. The second-order valence-corrected chi connectivity index (χ2v) is 5.02. The zero-order chi connectivity index (χ0) is 13.3. The molecule has 5 heteroatoms. The van der Waals surface area contributed by atoms with E-state index in [1.165, 1.54) is 6.08 Å². The third-order valence-electron chi connectivity index (χ3n) is 3.76. The molecule has 0 aromatic heterocycles. The molecule has 0 spiro atoms. The van der Waals surface area contributed by atoms with Crippen molar-refractivity contribution in [1.29, 1.82) is 0 Å². The predicted molar refractivity (Wildman–Crippen MR) is 63.6 cm³/mol. The summed E-state index contributed by atoms with van der Waals surface area (Å²) >= 11 is 0. The van der Waals surface area contributed by atoms with Gasteiger partial charge in [0.2, 0.25) is 0 Å². The zero-order valence-electron chi connectivity index (χ0n) is 10.4. The lowest BCUT2D eigenvalue weighted by Crippen LogP contribution is -2.50. The van der Waals surface area contributed by atoms with E-state index in [9.17, 15) is 19.5 Å². The first-order valence-electron chi connectivity index (χ1n) is 6.31. The Labute approximate surface area is 105 Å². The van der Waals surface area contributed by atoms with Crippen molar-refractivity contribution in [2.45, 2.75) is 45.1 Å². The molecule has 1 saturated carbocycles. The highest BCUT2D eigenvalue weighted by Crippen LogP contribution is 2.31. The summed E-state index contributed by atoms with van der Waals surface area (Å²) in [6.07, 6.45) is 5.80. The fourth-order valence-electron chi connectivity index (χ4n) is 2.84. The normalized spacial score (nSPS) is 23.2. The fraction of sp³-hybridized carbons (Fsp3) is 0.615. The van der Waals surface area contributed by atoms with Crippen molar-refractivity contribution in [1.82, 2.24) is 4.90 Å². The van der Waals surface area contributed by atoms with Crippen LogP contribution in [0.3, 0.4) is 0 Å². The molecule has 0 bridgehead atoms. The minimum absolute atomic E-state index is 0.108. The number of carbonyl (C=O) groups is 3. The Morgan fingerprint density at radius 3 is 2.39 bits per heavy atom. The van der Waals surface area contributed by atoms with Crippen LogP contribution in [-0.2, 0) is 14.4 Å². The van der Waals surface area contributed by atoms with Crippen LogP contribution in [-0.4, -0.2) is 33.8 Å². The van der Waals surface area contributed by atoms with Crippen molar-refractivity contribution >= 4 is 17.8 Å². The first-order valence-corrected chi connectivity index (χ1v) is 6.31. The second-order valence-electron chi connectivity index (χ2n) is 5.02. The number of carbonyl (C=O) groups excluding carboxylic acids is 2. The number of hydrogen-bond donors (Lipinski definition) is 1. The molecule has 0 aromatic carbocycles. The molecule has 2 aliphatic rings. The molecule has 2 amide bonds. The summed E-state index contributed by atoms with van der Waals surface area (Å²) in [7, 11) is 0. The molecule has 1 fully saturated rings. The highest BCUT2D eigenvalue weighted by molar-refractivity contribution is 6.17. The van der Waals surface area contributed by atoms with Crippen LogP contribution in [0.4, 0.5) is 0 Å². The van der Waals surface area contributed by atoms with Crippen LogP contribution in [0.25, 0.3) is 0 Å². The molecular weight excluding hydrogens is 234 g/mol. The average molecular weight is 251 g/mol. The monoisotopic (exact) mass is 251 g/mol. The lowest BCUT2D eigenvalue weighted by atomic mass is 9.83. The highest BCUT2D eigenvalue weighted by atomic mass is 16.4. The lowest BCUT2D eigenvalue weighted by molar-refractivity contribution is -0.156. The minimum Gasteiger partial charge on any atom is -0.480 e. The van der Waals surface area contributed by atoms with Crippen LogP contribution in [0.5, 0.6) is 0 Å². The van der Waals surface area contributed by atoms with Crippen LogP contribution >= 0.6 is 0 Å². The van der Waals surface area contributed by atoms with Crippen LogP contribution in [0.15, 0.2) is 11.6 Å². The van der Waals surface area contributed by atoms with E-state index in [1.54, 1.807) is 6.92 Å². The van der Waals surface area contributed by atoms with E-state index in [2.05, 4.69) is 0 Å².